The molecule has 0 fully saturated rings. The van der Waals surface area contributed by atoms with Crippen molar-refractivity contribution < 1.29 is 9.59 Å². The third-order valence-corrected chi connectivity index (χ3v) is 25.8. The third-order valence-electron chi connectivity index (χ3n) is 16.9. The summed E-state index contributed by atoms with van der Waals surface area (Å²) in [6, 6.07) is 54.5. The van der Waals surface area contributed by atoms with Crippen molar-refractivity contribution in [1.82, 2.24) is 0 Å². The Balaban J connectivity index is 0.000000177. The molecule has 0 heterocycles. The van der Waals surface area contributed by atoms with Crippen LogP contribution in [0.25, 0.3) is 66.8 Å². The molecule has 2 amide bonds. The number of carbonyl (C=O) groups is 2. The molecular weight excluding hydrogens is 1750 g/mol. The van der Waals surface area contributed by atoms with E-state index in [1.165, 1.54) is 49.1 Å². The van der Waals surface area contributed by atoms with Gasteiger partial charge in [-0.15, -0.1) is 0 Å². The van der Waals surface area contributed by atoms with Gasteiger partial charge >= 0.3 is 0 Å². The lowest BCUT2D eigenvalue weighted by Crippen LogP contribution is -2.11. The molecule has 111 heavy (non-hydrogen) atoms. The Morgan fingerprint density at radius 2 is 0.532 bits per heavy atom. The Hall–Kier alpha value is -6.59. The fourth-order valence-electron chi connectivity index (χ4n) is 11.7. The molecule has 0 aliphatic heterocycles. The maximum Gasteiger partial charge on any atom is 0.221 e. The molecule has 572 valence electrons. The van der Waals surface area contributed by atoms with Gasteiger partial charge in [0.05, 0.1) is 71.6 Å². The minimum Gasteiger partial charge on any atom is -0.399 e. The fraction of sp³-hybridized carbons (Fsp3) is 0.0976. The lowest BCUT2D eigenvalue weighted by molar-refractivity contribution is -0.115. The number of benzene rings is 12. The van der Waals surface area contributed by atoms with Crippen molar-refractivity contribution in [3.05, 3.63) is 263 Å². The average molecular weight is 1820 g/mol. The summed E-state index contributed by atoms with van der Waals surface area (Å²) >= 11 is 98.3. The van der Waals surface area contributed by atoms with Crippen molar-refractivity contribution in [3.63, 3.8) is 0 Å². The van der Waals surface area contributed by atoms with E-state index in [0.29, 0.717) is 161 Å². The lowest BCUT2D eigenvalue weighted by atomic mass is 10.0. The molecule has 14 N–H and O–H groups in total. The Bertz CT molecular complexity index is 5280. The fourth-order valence-corrected chi connectivity index (χ4v) is 19.0. The van der Waals surface area contributed by atoms with Gasteiger partial charge in [-0.3, -0.25) is 9.59 Å². The molecule has 0 atom stereocenters. The number of nitrogens with zero attached hydrogens (tertiary/aromatic N) is 2. The Kier molecular flexibility index (Phi) is 29.9. The molecule has 0 radical (unpaired) electrons. The first-order chi connectivity index (χ1) is 52.7. The largest absolute Gasteiger partial charge is 0.399 e. The standard InChI is InChI=1S/C28H22Cl4N4O2S.C28H26Cl4N4S.C26H18Cl6N2S/c1-13(37)35-21-7-9-23(27(31)25(21)17-5-3-15(33)11-19(17)29)39-24-10-8-22(36-14(2)38)26(28(24)32)18-6-4-16(34)12-20(18)30;1-35(2)21-9-11-23(27(31)25(21)17-7-5-15(33)13-19(17)29)37-24-12-10-22(36(3)4)26(28(24)32)18-8-6-16(34)14-20(18)30;27-17-5-7-21(25(31)23(17)15-3-1-13(11-33)9-19(15)29)35-22-8-6-18(28)24(26(22)32)16-4-2-14(12-34)10-20(16)30/h3-12H,33-34H2,1-2H3,(H,35,37)(H,36,38);5-14H,33-34H2,1-4H3;1-10H,11-12,33-34H2. The number of hydrogen-bond donors (Lipinski definition) is 8. The highest BCUT2D eigenvalue weighted by Gasteiger charge is 2.27. The SMILES string of the molecule is CC(=O)Nc1ccc(Sc2ccc(NC(C)=O)c(-c3ccc(N)cc3Cl)c2Cl)c(Cl)c1-c1ccc(N)cc1Cl.CN(C)c1ccc(Sc2ccc(N(C)C)c(-c3ccc(N)cc3Cl)c2Cl)c(Cl)c1-c1ccc(N)cc1Cl.NCc1ccc(-c2c(Cl)ccc(Sc3ccc(Cl)c(-c4ccc(CN)cc4Cl)c3Cl)c2Cl)c(Cl)c1. The molecule has 0 aliphatic carbocycles. The Labute approximate surface area is 726 Å². The van der Waals surface area contributed by atoms with Crippen molar-refractivity contribution >= 4 is 255 Å². The first kappa shape index (κ1) is 86.8. The monoisotopic (exact) mass is 1810 g/mol. The summed E-state index contributed by atoms with van der Waals surface area (Å²) in [6.07, 6.45) is 0. The number of rotatable bonds is 18. The van der Waals surface area contributed by atoms with Crippen molar-refractivity contribution in [2.75, 3.05) is 71.6 Å². The zero-order chi connectivity index (χ0) is 80.7. The molecule has 12 aromatic carbocycles. The second kappa shape index (κ2) is 38.2. The zero-order valence-corrected chi connectivity index (χ0v) is 72.5. The van der Waals surface area contributed by atoms with Crippen LogP contribution in [0, 0.1) is 0 Å². The first-order valence-corrected chi connectivity index (χ1v) is 40.8. The second-order valence-corrected chi connectivity index (χ2v) is 33.8. The summed E-state index contributed by atoms with van der Waals surface area (Å²) in [6.45, 7) is 3.58. The summed E-state index contributed by atoms with van der Waals surface area (Å²) in [5.41, 5.74) is 50.2. The summed E-state index contributed by atoms with van der Waals surface area (Å²) in [5, 5.41) is 12.2. The minimum atomic E-state index is -0.263. The van der Waals surface area contributed by atoms with Crippen LogP contribution >= 0.6 is 198 Å². The van der Waals surface area contributed by atoms with E-state index in [1.54, 1.807) is 84.9 Å². The van der Waals surface area contributed by atoms with Crippen LogP contribution in [-0.2, 0) is 22.7 Å². The molecule has 12 rings (SSSR count). The molecular formula is C82H66Cl14N10O2S3. The minimum absolute atomic E-state index is 0.263. The van der Waals surface area contributed by atoms with Crippen LogP contribution in [0.5, 0.6) is 0 Å². The Morgan fingerprint density at radius 3 is 0.793 bits per heavy atom. The number of halogens is 14. The first-order valence-electron chi connectivity index (χ1n) is 33.1. The van der Waals surface area contributed by atoms with Crippen molar-refractivity contribution in [1.29, 1.82) is 0 Å². The topological polar surface area (TPSA) is 221 Å². The van der Waals surface area contributed by atoms with Gasteiger partial charge in [0.1, 0.15) is 0 Å². The smallest absolute Gasteiger partial charge is 0.221 e. The predicted octanol–water partition coefficient (Wildman–Crippen LogP) is 28.0. The van der Waals surface area contributed by atoms with Crippen LogP contribution < -0.4 is 54.8 Å². The van der Waals surface area contributed by atoms with Gasteiger partial charge in [0, 0.05) is 195 Å². The van der Waals surface area contributed by atoms with Crippen LogP contribution in [0.4, 0.5) is 45.5 Å². The van der Waals surface area contributed by atoms with E-state index in [0.717, 1.165) is 75.5 Å². The van der Waals surface area contributed by atoms with Gasteiger partial charge in [-0.05, 0) is 145 Å². The van der Waals surface area contributed by atoms with Gasteiger partial charge in [-0.2, -0.15) is 0 Å². The van der Waals surface area contributed by atoms with E-state index in [-0.39, 0.29) is 11.8 Å². The summed E-state index contributed by atoms with van der Waals surface area (Å²) < 4.78 is 0. The normalized spacial score (nSPS) is 11.0. The zero-order valence-electron chi connectivity index (χ0n) is 59.4. The van der Waals surface area contributed by atoms with Crippen molar-refractivity contribution in [2.45, 2.75) is 56.3 Å². The van der Waals surface area contributed by atoms with Crippen LogP contribution in [0.1, 0.15) is 25.0 Å². The summed E-state index contributed by atoms with van der Waals surface area (Å²) in [5.74, 6) is -0.526. The number of nitrogen functional groups attached to an aromatic ring is 4. The van der Waals surface area contributed by atoms with Gasteiger partial charge in [-0.25, -0.2) is 0 Å². The van der Waals surface area contributed by atoms with Crippen molar-refractivity contribution in [3.8, 4) is 66.8 Å². The summed E-state index contributed by atoms with van der Waals surface area (Å²) in [4.78, 5) is 32.3. The molecule has 29 heteroatoms. The van der Waals surface area contributed by atoms with E-state index < -0.39 is 0 Å². The van der Waals surface area contributed by atoms with Crippen LogP contribution in [0.2, 0.25) is 70.3 Å². The van der Waals surface area contributed by atoms with Gasteiger partial charge < -0.3 is 54.8 Å². The highest BCUT2D eigenvalue weighted by atomic mass is 35.5. The highest BCUT2D eigenvalue weighted by molar-refractivity contribution is 8.00. The van der Waals surface area contributed by atoms with E-state index in [2.05, 4.69) is 10.6 Å². The van der Waals surface area contributed by atoms with Gasteiger partial charge in [-0.1, -0.05) is 246 Å². The molecule has 0 saturated carbocycles. The highest BCUT2D eigenvalue weighted by Crippen LogP contribution is 2.55. The average Bonchev–Trinajstić information content (AvgIpc) is 0.777. The van der Waals surface area contributed by atoms with Gasteiger partial charge in [0.2, 0.25) is 11.8 Å². The second-order valence-electron chi connectivity index (χ2n) is 25.1. The number of nitrogens with one attached hydrogen (secondary N) is 2. The van der Waals surface area contributed by atoms with Crippen LogP contribution in [-0.4, -0.2) is 40.0 Å². The van der Waals surface area contributed by atoms with E-state index in [9.17, 15) is 9.59 Å². The molecule has 12 nitrogen and oxygen atoms in total. The molecule has 0 aromatic heterocycles. The number of nitrogens with two attached hydrogens (primary N) is 6. The molecule has 0 saturated heterocycles. The van der Waals surface area contributed by atoms with Gasteiger partial charge in [0.25, 0.3) is 0 Å². The predicted molar refractivity (Wildman–Crippen MR) is 484 cm³/mol. The molecule has 0 bridgehead atoms. The van der Waals surface area contributed by atoms with E-state index in [1.807, 2.05) is 135 Å². The Morgan fingerprint density at radius 1 is 0.297 bits per heavy atom. The number of hydrogen-bond acceptors (Lipinski definition) is 13. The van der Waals surface area contributed by atoms with Crippen LogP contribution in [0.3, 0.4) is 0 Å². The van der Waals surface area contributed by atoms with E-state index in [4.69, 9.17) is 197 Å². The maximum atomic E-state index is 11.9. The lowest BCUT2D eigenvalue weighted by Gasteiger charge is -2.23. The third kappa shape index (κ3) is 20.2. The quantitative estimate of drug-likeness (QED) is 0.0375. The van der Waals surface area contributed by atoms with Crippen molar-refractivity contribution in [2.24, 2.45) is 11.5 Å². The molecule has 0 aliphatic rings. The number of carbonyl (C=O) groups excluding carboxylic acids is 2. The van der Waals surface area contributed by atoms with E-state index >= 15 is 0 Å². The summed E-state index contributed by atoms with van der Waals surface area (Å²) in [7, 11) is 7.86. The molecule has 0 unspecified atom stereocenters. The van der Waals surface area contributed by atoms with Crippen LogP contribution in [0.15, 0.2) is 211 Å². The number of amides is 2. The molecule has 12 aromatic rings. The van der Waals surface area contributed by atoms with Gasteiger partial charge in [0.15, 0.2) is 0 Å². The maximum absolute atomic E-state index is 11.9. The molecule has 0 spiro atoms. The number of anilines is 8.